The highest BCUT2D eigenvalue weighted by Gasteiger charge is 1.84. The first-order valence-corrected chi connectivity index (χ1v) is 2.22. The molecule has 0 aliphatic rings. The molecule has 0 saturated carbocycles. The molecule has 0 unspecified atom stereocenters. The van der Waals surface area contributed by atoms with Gasteiger partial charge in [-0.2, -0.15) is 0 Å². The van der Waals surface area contributed by atoms with Crippen LogP contribution in [0.3, 0.4) is 0 Å². The van der Waals surface area contributed by atoms with E-state index < -0.39 is 0 Å². The Hall–Kier alpha value is -1.25. The molecule has 1 aromatic heterocycles. The van der Waals surface area contributed by atoms with E-state index in [1.165, 1.54) is 0 Å². The normalized spacial score (nSPS) is 8.50. The minimum atomic E-state index is 0.667. The summed E-state index contributed by atoms with van der Waals surface area (Å²) in [5, 5.41) is 6.52. The van der Waals surface area contributed by atoms with Crippen molar-refractivity contribution in [3.63, 3.8) is 0 Å². The van der Waals surface area contributed by atoms with Crippen molar-refractivity contribution in [2.75, 3.05) is 0 Å². The van der Waals surface area contributed by atoms with Gasteiger partial charge < -0.3 is 9.72 Å². The minimum absolute atomic E-state index is 0.667. The molecule has 3 nitrogen and oxygen atoms in total. The van der Waals surface area contributed by atoms with Crippen LogP contribution in [0.1, 0.15) is 0 Å². The quantitative estimate of drug-likeness (QED) is 0.433. The van der Waals surface area contributed by atoms with Gasteiger partial charge in [0, 0.05) is 12.4 Å². The molecule has 0 aliphatic heterocycles. The number of hydrogen-bond acceptors (Lipinski definition) is 2. The number of nitrogens with one attached hydrogen (secondary N) is 2. The van der Waals surface area contributed by atoms with Crippen LogP contribution >= 0.6 is 0 Å². The van der Waals surface area contributed by atoms with Crippen molar-refractivity contribution in [1.29, 1.82) is 5.41 Å². The molecule has 0 aromatic carbocycles. The summed E-state index contributed by atoms with van der Waals surface area (Å²) in [6, 6.07) is 1.74. The van der Waals surface area contributed by atoms with E-state index in [1.54, 1.807) is 18.5 Å². The fourth-order valence-electron chi connectivity index (χ4n) is 0.450. The first kappa shape index (κ1) is 4.90. The van der Waals surface area contributed by atoms with Crippen LogP contribution in [-0.4, -0.2) is 11.4 Å². The number of ether oxygens (including phenoxy) is 1. The molecule has 0 spiro atoms. The van der Waals surface area contributed by atoms with Gasteiger partial charge in [-0.1, -0.05) is 0 Å². The summed E-state index contributed by atoms with van der Waals surface area (Å²) in [6.07, 6.45) is 4.30. The zero-order chi connectivity index (χ0) is 5.82. The number of aromatic nitrogens is 1. The lowest BCUT2D eigenvalue weighted by Crippen LogP contribution is -1.82. The Morgan fingerprint density at radius 1 is 1.75 bits per heavy atom. The molecule has 0 fully saturated rings. The summed E-state index contributed by atoms with van der Waals surface area (Å²) in [7, 11) is 0. The predicted molar refractivity (Wildman–Crippen MR) is 30.2 cm³/mol. The average Bonchev–Trinajstić information content (AvgIpc) is 2.19. The number of hydrogen-bond donors (Lipinski definition) is 2. The second kappa shape index (κ2) is 2.16. The van der Waals surface area contributed by atoms with Gasteiger partial charge >= 0.3 is 0 Å². The van der Waals surface area contributed by atoms with Crippen molar-refractivity contribution < 1.29 is 4.74 Å². The molecule has 0 saturated heterocycles. The molecular weight excluding hydrogens is 104 g/mol. The Morgan fingerprint density at radius 2 is 2.62 bits per heavy atom. The van der Waals surface area contributed by atoms with Gasteiger partial charge in [0.15, 0.2) is 6.40 Å². The van der Waals surface area contributed by atoms with Gasteiger partial charge in [-0.3, -0.25) is 5.41 Å². The second-order valence-corrected chi connectivity index (χ2v) is 1.28. The summed E-state index contributed by atoms with van der Waals surface area (Å²) >= 11 is 0. The van der Waals surface area contributed by atoms with E-state index in [0.29, 0.717) is 5.75 Å². The van der Waals surface area contributed by atoms with Gasteiger partial charge in [0.05, 0.1) is 0 Å². The van der Waals surface area contributed by atoms with Crippen molar-refractivity contribution in [2.45, 2.75) is 0 Å². The van der Waals surface area contributed by atoms with Crippen molar-refractivity contribution in [3.05, 3.63) is 18.5 Å². The summed E-state index contributed by atoms with van der Waals surface area (Å²) in [4.78, 5) is 2.79. The Bertz CT molecular complexity index is 157. The maximum absolute atomic E-state index is 6.52. The summed E-state index contributed by atoms with van der Waals surface area (Å²) < 4.78 is 4.66. The molecule has 1 rings (SSSR count). The van der Waals surface area contributed by atoms with Gasteiger partial charge in [0.1, 0.15) is 5.75 Å². The maximum Gasteiger partial charge on any atom is 0.173 e. The monoisotopic (exact) mass is 110 g/mol. The molecule has 42 valence electrons. The SMILES string of the molecule is N=COc1cc[nH]c1. The lowest BCUT2D eigenvalue weighted by molar-refractivity contribution is 0.571. The summed E-state index contributed by atoms with van der Waals surface area (Å²) in [6.45, 7) is 0. The van der Waals surface area contributed by atoms with E-state index in [4.69, 9.17) is 5.41 Å². The molecule has 2 N–H and O–H groups in total. The highest BCUT2D eigenvalue weighted by molar-refractivity contribution is 5.47. The Balaban J connectivity index is 2.62. The molecular formula is C5H6N2O. The standard InChI is InChI=1S/C5H6N2O/c6-4-8-5-1-2-7-3-5/h1-4,6-7H. The van der Waals surface area contributed by atoms with E-state index >= 15 is 0 Å². The van der Waals surface area contributed by atoms with Crippen LogP contribution in [0.5, 0.6) is 5.75 Å². The Kier molecular flexibility index (Phi) is 1.32. The van der Waals surface area contributed by atoms with Crippen LogP contribution in [0, 0.1) is 5.41 Å². The zero-order valence-electron chi connectivity index (χ0n) is 4.22. The van der Waals surface area contributed by atoms with Crippen molar-refractivity contribution in [1.82, 2.24) is 4.98 Å². The van der Waals surface area contributed by atoms with E-state index in [1.807, 2.05) is 0 Å². The molecule has 1 heterocycles. The summed E-state index contributed by atoms with van der Waals surface area (Å²) in [5.41, 5.74) is 0. The van der Waals surface area contributed by atoms with Crippen LogP contribution in [0.4, 0.5) is 0 Å². The van der Waals surface area contributed by atoms with Crippen LogP contribution in [0.15, 0.2) is 18.5 Å². The van der Waals surface area contributed by atoms with E-state index in [-0.39, 0.29) is 0 Å². The molecule has 0 aliphatic carbocycles. The van der Waals surface area contributed by atoms with Gasteiger partial charge in [0.2, 0.25) is 0 Å². The molecule has 3 heteroatoms. The fraction of sp³-hybridized carbons (Fsp3) is 0. The van der Waals surface area contributed by atoms with Gasteiger partial charge in [-0.15, -0.1) is 0 Å². The Morgan fingerprint density at radius 3 is 3.12 bits per heavy atom. The van der Waals surface area contributed by atoms with Crippen LogP contribution in [-0.2, 0) is 0 Å². The molecule has 1 aromatic rings. The topological polar surface area (TPSA) is 48.9 Å². The highest BCUT2D eigenvalue weighted by Crippen LogP contribution is 2.04. The van der Waals surface area contributed by atoms with Crippen LogP contribution in [0.25, 0.3) is 0 Å². The molecule has 0 atom stereocenters. The summed E-state index contributed by atoms with van der Waals surface area (Å²) in [5.74, 6) is 0.667. The van der Waals surface area contributed by atoms with Crippen molar-refractivity contribution >= 4 is 6.40 Å². The van der Waals surface area contributed by atoms with E-state index in [9.17, 15) is 0 Å². The second-order valence-electron chi connectivity index (χ2n) is 1.28. The first-order chi connectivity index (χ1) is 3.93. The third-order valence-electron chi connectivity index (χ3n) is 0.764. The largest absolute Gasteiger partial charge is 0.445 e. The third-order valence-corrected chi connectivity index (χ3v) is 0.764. The van der Waals surface area contributed by atoms with Crippen molar-refractivity contribution in [3.8, 4) is 5.75 Å². The Labute approximate surface area is 46.8 Å². The van der Waals surface area contributed by atoms with Crippen molar-refractivity contribution in [2.24, 2.45) is 0 Å². The highest BCUT2D eigenvalue weighted by atomic mass is 16.5. The van der Waals surface area contributed by atoms with Crippen LogP contribution < -0.4 is 4.74 Å². The molecule has 0 bridgehead atoms. The smallest absolute Gasteiger partial charge is 0.173 e. The maximum atomic E-state index is 6.52. The third kappa shape index (κ3) is 0.872. The first-order valence-electron chi connectivity index (χ1n) is 2.22. The lowest BCUT2D eigenvalue weighted by Gasteiger charge is -1.87. The number of H-pyrrole nitrogens is 1. The lowest BCUT2D eigenvalue weighted by atomic mass is 10.6. The molecule has 8 heavy (non-hydrogen) atoms. The van der Waals surface area contributed by atoms with Crippen LogP contribution in [0.2, 0.25) is 0 Å². The van der Waals surface area contributed by atoms with E-state index in [2.05, 4.69) is 9.72 Å². The number of aromatic amines is 1. The van der Waals surface area contributed by atoms with Gasteiger partial charge in [-0.25, -0.2) is 0 Å². The van der Waals surface area contributed by atoms with Gasteiger partial charge in [-0.05, 0) is 6.07 Å². The predicted octanol–water partition coefficient (Wildman–Crippen LogP) is 1.00. The van der Waals surface area contributed by atoms with E-state index in [0.717, 1.165) is 6.40 Å². The minimum Gasteiger partial charge on any atom is -0.445 e. The molecule has 0 radical (unpaired) electrons. The molecule has 0 amide bonds. The van der Waals surface area contributed by atoms with Gasteiger partial charge in [0.25, 0.3) is 0 Å². The zero-order valence-corrected chi connectivity index (χ0v) is 4.22. The number of rotatable bonds is 2. The average molecular weight is 110 g/mol. The fourth-order valence-corrected chi connectivity index (χ4v) is 0.450.